The van der Waals surface area contributed by atoms with Crippen LogP contribution in [0.5, 0.6) is 17.2 Å². The fraction of sp³-hybridized carbons (Fsp3) is 0.136. The molecule has 3 rings (SSSR count). The van der Waals surface area contributed by atoms with E-state index < -0.39 is 52.7 Å². The Balaban J connectivity index is 2.13. The zero-order valence-electron chi connectivity index (χ0n) is 17.8. The van der Waals surface area contributed by atoms with Crippen LogP contribution in [0.4, 0.5) is 23.7 Å². The Bertz CT molecular complexity index is 1370. The van der Waals surface area contributed by atoms with Gasteiger partial charge in [0, 0.05) is 42.8 Å². The highest BCUT2D eigenvalue weighted by Crippen LogP contribution is 2.45. The average molecular weight is 493 g/mol. The highest BCUT2D eigenvalue weighted by Gasteiger charge is 2.28. The summed E-state index contributed by atoms with van der Waals surface area (Å²) in [4.78, 5) is 35.5. The summed E-state index contributed by atoms with van der Waals surface area (Å²) in [7, 11) is 0. The average Bonchev–Trinajstić information content (AvgIpc) is 3.17. The van der Waals surface area contributed by atoms with E-state index >= 15 is 0 Å². The maximum absolute atomic E-state index is 13.9. The second-order valence-corrected chi connectivity index (χ2v) is 6.96. The minimum absolute atomic E-state index is 0.151. The van der Waals surface area contributed by atoms with Gasteiger partial charge in [0.15, 0.2) is 0 Å². The summed E-state index contributed by atoms with van der Waals surface area (Å²) in [6, 6.07) is 7.05. The van der Waals surface area contributed by atoms with Crippen LogP contribution >= 0.6 is 0 Å². The Morgan fingerprint density at radius 3 is 2.43 bits per heavy atom. The molecule has 1 aromatic heterocycles. The predicted octanol–water partition coefficient (Wildman–Crippen LogP) is 4.61. The van der Waals surface area contributed by atoms with Crippen molar-refractivity contribution in [1.29, 1.82) is 5.26 Å². The van der Waals surface area contributed by atoms with E-state index in [1.54, 1.807) is 6.07 Å². The molecule has 2 aromatic carbocycles. The number of carbonyl (C=O) groups excluding carboxylic acids is 1. The lowest BCUT2D eigenvalue weighted by atomic mass is 10.1. The summed E-state index contributed by atoms with van der Waals surface area (Å²) in [5, 5.41) is 19.0. The highest BCUT2D eigenvalue weighted by molar-refractivity contribution is 6.13. The lowest BCUT2D eigenvalue weighted by Gasteiger charge is -2.22. The lowest BCUT2D eigenvalue weighted by molar-refractivity contribution is -0.137. The maximum atomic E-state index is 13.9. The van der Waals surface area contributed by atoms with E-state index in [1.807, 2.05) is 0 Å². The van der Waals surface area contributed by atoms with Crippen LogP contribution in [0.1, 0.15) is 12.5 Å². The number of nitriles is 1. The molecule has 0 saturated carbocycles. The van der Waals surface area contributed by atoms with Crippen LogP contribution < -0.4 is 19.7 Å². The van der Waals surface area contributed by atoms with Gasteiger partial charge in [0.25, 0.3) is 11.7 Å². The first-order valence-corrected chi connectivity index (χ1v) is 9.76. The van der Waals surface area contributed by atoms with E-state index in [-0.39, 0.29) is 17.5 Å². The first-order chi connectivity index (χ1) is 16.8. The zero-order valence-corrected chi connectivity index (χ0v) is 17.8. The molecule has 1 N–H and O–H groups in total. The van der Waals surface area contributed by atoms with Crippen LogP contribution in [0.15, 0.2) is 42.1 Å². The number of rotatable bonds is 9. The number of likely N-dealkylation sites (N-methyl/N-ethyl adjacent to an activating group) is 1. The van der Waals surface area contributed by atoms with E-state index in [2.05, 4.69) is 14.8 Å². The molecule has 0 aliphatic rings. The van der Waals surface area contributed by atoms with Gasteiger partial charge in [-0.15, -0.1) is 0 Å². The quantitative estimate of drug-likeness (QED) is 0.263. The molecule has 0 aliphatic carbocycles. The third kappa shape index (κ3) is 4.81. The minimum Gasteiger partial charge on any atom is -0.480 e. The van der Waals surface area contributed by atoms with Gasteiger partial charge in [-0.05, 0) is 43.3 Å². The normalized spacial score (nSPS) is 11.1. The molecule has 9 nitrogen and oxygen atoms in total. The van der Waals surface area contributed by atoms with Crippen LogP contribution in [-0.4, -0.2) is 28.1 Å². The number of hydrogen-bond donors (Lipinski definition) is 1. The van der Waals surface area contributed by atoms with Crippen LogP contribution in [0.25, 0.3) is 17.0 Å². The van der Waals surface area contributed by atoms with Crippen LogP contribution in [0.2, 0.25) is 0 Å². The molecule has 1 amide bonds. The van der Waals surface area contributed by atoms with Gasteiger partial charge in [-0.2, -0.15) is 5.26 Å². The van der Waals surface area contributed by atoms with Gasteiger partial charge in [0.2, 0.25) is 11.5 Å². The SMILES string of the molecule is CCN(C(=O)/C(C#N)=C/c1cn(CC(=O)O)c2ccc(F)cc12)c1ccc(OF)c(OF)c1OF. The number of fused-ring (bicyclic) bond motifs is 1. The fourth-order valence-electron chi connectivity index (χ4n) is 3.51. The smallest absolute Gasteiger partial charge is 0.323 e. The van der Waals surface area contributed by atoms with Crippen molar-refractivity contribution >= 4 is 34.5 Å². The fourth-order valence-corrected chi connectivity index (χ4v) is 3.51. The molecule has 35 heavy (non-hydrogen) atoms. The van der Waals surface area contributed by atoms with Crippen LogP contribution in [-0.2, 0) is 16.1 Å². The number of anilines is 1. The van der Waals surface area contributed by atoms with Crippen molar-refractivity contribution in [3.05, 3.63) is 53.5 Å². The molecule has 0 bridgehead atoms. The van der Waals surface area contributed by atoms with E-state index in [1.165, 1.54) is 23.8 Å². The van der Waals surface area contributed by atoms with E-state index in [0.717, 1.165) is 35.2 Å². The van der Waals surface area contributed by atoms with Gasteiger partial charge >= 0.3 is 5.97 Å². The molecule has 182 valence electrons. The number of aliphatic carboxylic acids is 1. The monoisotopic (exact) mass is 493 g/mol. The van der Waals surface area contributed by atoms with Gasteiger partial charge in [-0.25, -0.2) is 4.39 Å². The summed E-state index contributed by atoms with van der Waals surface area (Å²) < 4.78 is 53.9. The van der Waals surface area contributed by atoms with Crippen LogP contribution in [0, 0.1) is 17.1 Å². The van der Waals surface area contributed by atoms with Gasteiger partial charge in [-0.3, -0.25) is 24.4 Å². The molecule has 13 heteroatoms. The Labute approximate surface area is 194 Å². The molecule has 0 fully saturated rings. The van der Waals surface area contributed by atoms with Crippen molar-refractivity contribution in [2.24, 2.45) is 0 Å². The van der Waals surface area contributed by atoms with Crippen molar-refractivity contribution in [3.63, 3.8) is 0 Å². The summed E-state index contributed by atoms with van der Waals surface area (Å²) in [5.74, 6) is -5.87. The summed E-state index contributed by atoms with van der Waals surface area (Å²) >= 11 is 0. The molecule has 0 aliphatic heterocycles. The van der Waals surface area contributed by atoms with Crippen LogP contribution in [0.3, 0.4) is 0 Å². The molecule has 0 radical (unpaired) electrons. The third-order valence-corrected chi connectivity index (χ3v) is 4.98. The van der Waals surface area contributed by atoms with Crippen molar-refractivity contribution in [2.75, 3.05) is 11.4 Å². The van der Waals surface area contributed by atoms with Gasteiger partial charge in [0.1, 0.15) is 24.0 Å². The molecule has 0 saturated heterocycles. The van der Waals surface area contributed by atoms with Crippen molar-refractivity contribution in [3.8, 4) is 23.3 Å². The molecule has 0 atom stereocenters. The lowest BCUT2D eigenvalue weighted by Crippen LogP contribution is -2.31. The number of carbonyl (C=O) groups is 2. The number of benzene rings is 2. The first kappa shape index (κ1) is 24.9. The molecule has 3 aromatic rings. The predicted molar refractivity (Wildman–Crippen MR) is 113 cm³/mol. The van der Waals surface area contributed by atoms with Crippen molar-refractivity contribution in [1.82, 2.24) is 4.57 Å². The number of aromatic nitrogens is 1. The Kier molecular flexibility index (Phi) is 7.45. The van der Waals surface area contributed by atoms with E-state index in [4.69, 9.17) is 5.11 Å². The summed E-state index contributed by atoms with van der Waals surface area (Å²) in [6.45, 7) is 0.781. The second-order valence-electron chi connectivity index (χ2n) is 6.96. The number of halogens is 4. The van der Waals surface area contributed by atoms with Crippen molar-refractivity contribution in [2.45, 2.75) is 13.5 Å². The number of hydrogen-bond acceptors (Lipinski definition) is 6. The zero-order chi connectivity index (χ0) is 25.7. The number of nitrogens with zero attached hydrogens (tertiary/aromatic N) is 3. The van der Waals surface area contributed by atoms with Gasteiger partial charge in [-0.1, -0.05) is 0 Å². The largest absolute Gasteiger partial charge is 0.480 e. The van der Waals surface area contributed by atoms with Gasteiger partial charge < -0.3 is 14.6 Å². The number of carboxylic acid groups (broad SMARTS) is 1. The number of carboxylic acids is 1. The summed E-state index contributed by atoms with van der Waals surface area (Å²) in [6.07, 6.45) is 2.41. The topological polar surface area (TPSA) is 114 Å². The van der Waals surface area contributed by atoms with E-state index in [0.29, 0.717) is 5.52 Å². The highest BCUT2D eigenvalue weighted by atomic mass is 19.3. The standard InChI is InChI=1S/C22H15F4N3O6/c1-2-29(17-5-6-18(33-24)21(35-26)20(17)34-25)22(32)12(9-27)7-13-10-28(11-19(30)31)16-4-3-14(23)8-15(13)16/h3-8,10H,2,11H2,1H3,(H,30,31)/b12-7+. The molecule has 0 spiro atoms. The molecular formula is C22H15F4N3O6. The first-order valence-electron chi connectivity index (χ1n) is 9.76. The Morgan fingerprint density at radius 1 is 1.14 bits per heavy atom. The molecule has 0 unspecified atom stereocenters. The number of amides is 1. The van der Waals surface area contributed by atoms with E-state index in [9.17, 15) is 32.8 Å². The second kappa shape index (κ2) is 10.5. The summed E-state index contributed by atoms with van der Waals surface area (Å²) in [5.41, 5.74) is -0.466. The molecule has 1 heterocycles. The maximum Gasteiger partial charge on any atom is 0.323 e. The molecular weight excluding hydrogens is 478 g/mol. The van der Waals surface area contributed by atoms with Gasteiger partial charge in [0.05, 0.1) is 5.69 Å². The Morgan fingerprint density at radius 2 is 1.86 bits per heavy atom. The Hall–Kier alpha value is -4.73. The third-order valence-electron chi connectivity index (χ3n) is 4.98. The van der Waals surface area contributed by atoms with Crippen molar-refractivity contribution < 1.29 is 47.5 Å². The minimum atomic E-state index is -1.18.